The van der Waals surface area contributed by atoms with Gasteiger partial charge in [-0.15, -0.1) is 0 Å². The molecule has 0 unspecified atom stereocenters. The summed E-state index contributed by atoms with van der Waals surface area (Å²) >= 11 is 0. The van der Waals surface area contributed by atoms with E-state index < -0.39 is 5.79 Å². The number of ether oxygens (including phenoxy) is 2. The van der Waals surface area contributed by atoms with Crippen molar-refractivity contribution in [1.29, 1.82) is 0 Å². The van der Waals surface area contributed by atoms with Crippen LogP contribution in [0.3, 0.4) is 0 Å². The zero-order valence-corrected chi connectivity index (χ0v) is 7.19. The normalized spacial score (nSPS) is 18.3. The molecular formula is C8H10N2O3. The first-order valence-electron chi connectivity index (χ1n) is 3.90. The molecule has 1 aliphatic rings. The molecule has 2 rings (SSSR count). The van der Waals surface area contributed by atoms with Gasteiger partial charge >= 0.3 is 5.79 Å². The van der Waals surface area contributed by atoms with Crippen LogP contribution >= 0.6 is 0 Å². The molecule has 5 heteroatoms. The van der Waals surface area contributed by atoms with Gasteiger partial charge < -0.3 is 19.6 Å². The van der Waals surface area contributed by atoms with E-state index in [0.29, 0.717) is 18.1 Å². The van der Waals surface area contributed by atoms with Crippen LogP contribution in [0.2, 0.25) is 0 Å². The highest BCUT2D eigenvalue weighted by atomic mass is 16.7. The lowest BCUT2D eigenvalue weighted by Gasteiger charge is -2.18. The topological polar surface area (TPSA) is 70.5 Å². The molecule has 0 bridgehead atoms. The average Bonchev–Trinajstić information content (AvgIpc) is 2.72. The van der Waals surface area contributed by atoms with Crippen molar-refractivity contribution in [3.05, 3.63) is 30.4 Å². The number of nitrogens with zero attached hydrogens (tertiary/aromatic N) is 1. The fourth-order valence-corrected chi connectivity index (χ4v) is 1.05. The Bertz CT molecular complexity index is 324. The van der Waals surface area contributed by atoms with E-state index >= 15 is 0 Å². The first-order valence-corrected chi connectivity index (χ1v) is 3.90. The molecule has 1 aromatic heterocycles. The standard InChI is InChI=1S/C8H10N2O3/c1-8(12-2-3-13-8)7-10-6(4-9)5-11-7/h2-3,5H,4,9H2,1H3. The number of aromatic nitrogens is 1. The molecule has 0 atom stereocenters. The van der Waals surface area contributed by atoms with E-state index in [2.05, 4.69) is 4.98 Å². The van der Waals surface area contributed by atoms with Gasteiger partial charge in [-0.25, -0.2) is 4.98 Å². The zero-order chi connectivity index (χ0) is 9.31. The number of oxazole rings is 1. The van der Waals surface area contributed by atoms with E-state index in [9.17, 15) is 0 Å². The minimum absolute atomic E-state index is 0.340. The maximum absolute atomic E-state index is 5.39. The summed E-state index contributed by atoms with van der Waals surface area (Å²) in [5, 5.41) is 0. The molecule has 2 N–H and O–H groups in total. The minimum atomic E-state index is -0.937. The second-order valence-electron chi connectivity index (χ2n) is 2.80. The Balaban J connectivity index is 2.24. The molecule has 0 aliphatic carbocycles. The Morgan fingerprint density at radius 1 is 1.46 bits per heavy atom. The van der Waals surface area contributed by atoms with Crippen LogP contribution in [0.15, 0.2) is 23.2 Å². The third-order valence-electron chi connectivity index (χ3n) is 1.79. The van der Waals surface area contributed by atoms with Crippen molar-refractivity contribution >= 4 is 0 Å². The Hall–Kier alpha value is -1.49. The Morgan fingerprint density at radius 2 is 2.15 bits per heavy atom. The molecule has 0 saturated carbocycles. The van der Waals surface area contributed by atoms with Crippen LogP contribution < -0.4 is 5.73 Å². The number of rotatable bonds is 2. The van der Waals surface area contributed by atoms with Crippen LogP contribution in [0.5, 0.6) is 0 Å². The van der Waals surface area contributed by atoms with Crippen molar-refractivity contribution in [3.8, 4) is 0 Å². The molecule has 0 saturated heterocycles. The van der Waals surface area contributed by atoms with E-state index in [-0.39, 0.29) is 0 Å². The minimum Gasteiger partial charge on any atom is -0.449 e. The number of nitrogens with two attached hydrogens (primary N) is 1. The number of hydrogen-bond donors (Lipinski definition) is 1. The summed E-state index contributed by atoms with van der Waals surface area (Å²) in [7, 11) is 0. The Labute approximate surface area is 75.1 Å². The summed E-state index contributed by atoms with van der Waals surface area (Å²) in [6, 6.07) is 0. The summed E-state index contributed by atoms with van der Waals surface area (Å²) < 4.78 is 15.5. The molecule has 5 nitrogen and oxygen atoms in total. The molecule has 13 heavy (non-hydrogen) atoms. The molecule has 0 spiro atoms. The smallest absolute Gasteiger partial charge is 0.325 e. The van der Waals surface area contributed by atoms with Crippen LogP contribution in [-0.4, -0.2) is 4.98 Å². The second-order valence-corrected chi connectivity index (χ2v) is 2.80. The Morgan fingerprint density at radius 3 is 2.69 bits per heavy atom. The lowest BCUT2D eigenvalue weighted by atomic mass is 10.3. The first-order chi connectivity index (χ1) is 6.24. The average molecular weight is 182 g/mol. The highest BCUT2D eigenvalue weighted by Crippen LogP contribution is 2.30. The summed E-state index contributed by atoms with van der Waals surface area (Å²) in [5.41, 5.74) is 6.06. The van der Waals surface area contributed by atoms with Crippen molar-refractivity contribution in [2.75, 3.05) is 0 Å². The highest BCUT2D eigenvalue weighted by Gasteiger charge is 2.37. The van der Waals surface area contributed by atoms with Gasteiger partial charge in [0.1, 0.15) is 18.8 Å². The van der Waals surface area contributed by atoms with Gasteiger partial charge in [0.2, 0.25) is 0 Å². The van der Waals surface area contributed by atoms with Gasteiger partial charge in [-0.05, 0) is 0 Å². The van der Waals surface area contributed by atoms with Crippen molar-refractivity contribution in [3.63, 3.8) is 0 Å². The van der Waals surface area contributed by atoms with Crippen molar-refractivity contribution in [1.82, 2.24) is 4.98 Å². The molecule has 1 aromatic rings. The highest BCUT2D eigenvalue weighted by molar-refractivity contribution is 5.02. The third-order valence-corrected chi connectivity index (χ3v) is 1.79. The monoisotopic (exact) mass is 182 g/mol. The Kier molecular flexibility index (Phi) is 1.73. The lowest BCUT2D eigenvalue weighted by Crippen LogP contribution is -2.22. The van der Waals surface area contributed by atoms with Gasteiger partial charge in [-0.3, -0.25) is 0 Å². The van der Waals surface area contributed by atoms with Gasteiger partial charge in [-0.1, -0.05) is 0 Å². The third kappa shape index (κ3) is 1.27. The summed E-state index contributed by atoms with van der Waals surface area (Å²) in [4.78, 5) is 4.10. The van der Waals surface area contributed by atoms with Crippen molar-refractivity contribution < 1.29 is 13.9 Å². The quantitative estimate of drug-likeness (QED) is 0.733. The van der Waals surface area contributed by atoms with E-state index in [1.54, 1.807) is 6.92 Å². The maximum atomic E-state index is 5.39. The zero-order valence-electron chi connectivity index (χ0n) is 7.19. The number of hydrogen-bond acceptors (Lipinski definition) is 5. The van der Waals surface area contributed by atoms with Gasteiger partial charge in [-0.2, -0.15) is 0 Å². The summed E-state index contributed by atoms with van der Waals surface area (Å²) in [6.45, 7) is 2.06. The van der Waals surface area contributed by atoms with Crippen LogP contribution in [0.1, 0.15) is 18.5 Å². The van der Waals surface area contributed by atoms with Crippen molar-refractivity contribution in [2.24, 2.45) is 5.73 Å². The van der Waals surface area contributed by atoms with Crippen LogP contribution in [0.25, 0.3) is 0 Å². The fraction of sp³-hybridized carbons (Fsp3) is 0.375. The van der Waals surface area contributed by atoms with Gasteiger partial charge in [0.25, 0.3) is 5.89 Å². The first kappa shape index (κ1) is 8.12. The molecule has 0 fully saturated rings. The predicted molar refractivity (Wildman–Crippen MR) is 43.1 cm³/mol. The van der Waals surface area contributed by atoms with Crippen LogP contribution in [0.4, 0.5) is 0 Å². The molecule has 0 radical (unpaired) electrons. The largest absolute Gasteiger partial charge is 0.449 e. The van der Waals surface area contributed by atoms with E-state index in [4.69, 9.17) is 19.6 Å². The lowest BCUT2D eigenvalue weighted by molar-refractivity contribution is -0.150. The maximum Gasteiger partial charge on any atom is 0.325 e. The second kappa shape index (κ2) is 2.77. The van der Waals surface area contributed by atoms with E-state index in [0.717, 1.165) is 0 Å². The van der Waals surface area contributed by atoms with E-state index in [1.807, 2.05) is 0 Å². The summed E-state index contributed by atoms with van der Waals surface area (Å²) in [6.07, 6.45) is 4.39. The fourth-order valence-electron chi connectivity index (χ4n) is 1.05. The van der Waals surface area contributed by atoms with Crippen molar-refractivity contribution in [2.45, 2.75) is 19.3 Å². The molecular weight excluding hydrogens is 172 g/mol. The predicted octanol–water partition coefficient (Wildman–Crippen LogP) is 0.824. The van der Waals surface area contributed by atoms with Crippen LogP contribution in [0, 0.1) is 0 Å². The molecule has 70 valence electrons. The van der Waals surface area contributed by atoms with Crippen LogP contribution in [-0.2, 0) is 21.8 Å². The van der Waals surface area contributed by atoms with Gasteiger partial charge in [0, 0.05) is 13.5 Å². The summed E-state index contributed by atoms with van der Waals surface area (Å²) in [5.74, 6) is -0.564. The van der Waals surface area contributed by atoms with Gasteiger partial charge in [0.15, 0.2) is 0 Å². The van der Waals surface area contributed by atoms with E-state index in [1.165, 1.54) is 18.8 Å². The molecule has 1 aliphatic heterocycles. The van der Waals surface area contributed by atoms with Gasteiger partial charge in [0.05, 0.1) is 5.69 Å². The SMILES string of the molecule is CC1(c2nc(CN)co2)OC=CO1. The molecule has 2 heterocycles. The molecule has 0 amide bonds. The molecule has 0 aromatic carbocycles.